The van der Waals surface area contributed by atoms with Crippen LogP contribution in [0.4, 0.5) is 26.3 Å². The van der Waals surface area contributed by atoms with Gasteiger partial charge >= 0.3 is 12.7 Å². The summed E-state index contributed by atoms with van der Waals surface area (Å²) in [6, 6.07) is 16.1. The number of benzene rings is 3. The number of likely N-dealkylation sites (tertiary alicyclic amines) is 1. The third-order valence-electron chi connectivity index (χ3n) is 6.62. The lowest BCUT2D eigenvalue weighted by molar-refractivity contribution is -0.945. The molecule has 0 saturated carbocycles. The lowest BCUT2D eigenvalue weighted by Crippen LogP contribution is -2.65. The largest absolute Gasteiger partial charge is 0.633 e. The lowest BCUT2D eigenvalue weighted by atomic mass is 9.72. The molecule has 12 heteroatoms. The first-order chi connectivity index (χ1) is 18.7. The molecule has 0 spiro atoms. The number of nitrogens with zero attached hydrogens (tertiary/aromatic N) is 1. The number of alkyl halides is 6. The van der Waals surface area contributed by atoms with Crippen molar-refractivity contribution in [1.29, 1.82) is 0 Å². The molecule has 1 heterocycles. The molecule has 3 aromatic carbocycles. The van der Waals surface area contributed by atoms with Crippen LogP contribution in [-0.4, -0.2) is 42.2 Å². The molecule has 1 fully saturated rings. The van der Waals surface area contributed by atoms with Gasteiger partial charge in [0.05, 0.1) is 25.6 Å². The van der Waals surface area contributed by atoms with E-state index in [-0.39, 0.29) is 30.8 Å². The van der Waals surface area contributed by atoms with Gasteiger partial charge in [-0.3, -0.25) is 0 Å². The quantitative estimate of drug-likeness (QED) is 0.168. The SMILES string of the molecule is CCCOc1ccc(C[N+]2([O-])CC(C(O)(c3ccc(OC(F)(F)F)cc3)c3ccc(OC(F)(F)F)cc3)C2)cc1. The zero-order valence-corrected chi connectivity index (χ0v) is 21.3. The van der Waals surface area contributed by atoms with Gasteiger partial charge in [0.2, 0.25) is 0 Å². The highest BCUT2D eigenvalue weighted by Crippen LogP contribution is 2.45. The van der Waals surface area contributed by atoms with Gasteiger partial charge in [-0.2, -0.15) is 0 Å². The predicted octanol–water partition coefficient (Wildman–Crippen LogP) is 6.65. The van der Waals surface area contributed by atoms with Crippen LogP contribution < -0.4 is 14.2 Å². The predicted molar refractivity (Wildman–Crippen MR) is 132 cm³/mol. The van der Waals surface area contributed by atoms with Crippen LogP contribution in [0, 0.1) is 11.1 Å². The van der Waals surface area contributed by atoms with Crippen molar-refractivity contribution in [2.45, 2.75) is 38.2 Å². The van der Waals surface area contributed by atoms with Crippen LogP contribution in [0.5, 0.6) is 17.2 Å². The van der Waals surface area contributed by atoms with Crippen molar-refractivity contribution in [3.05, 3.63) is 94.7 Å². The number of hydrogen-bond donors (Lipinski definition) is 1. The van der Waals surface area contributed by atoms with E-state index in [4.69, 9.17) is 4.74 Å². The van der Waals surface area contributed by atoms with E-state index in [1.54, 1.807) is 24.3 Å². The standard InChI is InChI=1S/C28H27F6NO5/c1-2-15-38-23-9-3-19(4-10-23)16-35(37)17-22(18-35)26(36,20-5-11-24(12-6-20)39-27(29,30)31)21-7-13-25(14-8-21)40-28(32,33)34/h3-14,22,36H,2,15-18H2,1H3. The average Bonchev–Trinajstić information content (AvgIpc) is 2.85. The molecule has 0 radical (unpaired) electrons. The summed E-state index contributed by atoms with van der Waals surface area (Å²) in [5.41, 5.74) is -0.833. The first-order valence-corrected chi connectivity index (χ1v) is 12.4. The van der Waals surface area contributed by atoms with Crippen LogP contribution in [0.2, 0.25) is 0 Å². The van der Waals surface area contributed by atoms with Crippen LogP contribution >= 0.6 is 0 Å². The minimum Gasteiger partial charge on any atom is -0.633 e. The second-order valence-electron chi connectivity index (χ2n) is 9.68. The van der Waals surface area contributed by atoms with Gasteiger partial charge < -0.3 is 29.2 Å². The van der Waals surface area contributed by atoms with E-state index in [9.17, 15) is 36.7 Å². The molecule has 4 rings (SSSR count). The average molecular weight is 572 g/mol. The Morgan fingerprint density at radius 2 is 1.18 bits per heavy atom. The summed E-state index contributed by atoms with van der Waals surface area (Å²) >= 11 is 0. The molecule has 1 aliphatic heterocycles. The van der Waals surface area contributed by atoms with Gasteiger partial charge in [0.25, 0.3) is 0 Å². The maximum Gasteiger partial charge on any atom is 0.573 e. The Labute approximate surface area is 226 Å². The Balaban J connectivity index is 1.57. The van der Waals surface area contributed by atoms with Crippen molar-refractivity contribution in [3.8, 4) is 17.2 Å². The van der Waals surface area contributed by atoms with Crippen LogP contribution in [0.25, 0.3) is 0 Å². The van der Waals surface area contributed by atoms with Gasteiger partial charge in [0.1, 0.15) is 29.4 Å². The monoisotopic (exact) mass is 571 g/mol. The highest BCUT2D eigenvalue weighted by atomic mass is 19.4. The highest BCUT2D eigenvalue weighted by molar-refractivity contribution is 5.42. The summed E-state index contributed by atoms with van der Waals surface area (Å²) < 4.78 is 88.4. The molecule has 0 bridgehead atoms. The third kappa shape index (κ3) is 7.18. The van der Waals surface area contributed by atoms with E-state index >= 15 is 0 Å². The van der Waals surface area contributed by atoms with E-state index in [0.29, 0.717) is 12.4 Å². The second kappa shape index (κ2) is 11.2. The van der Waals surface area contributed by atoms with Crippen LogP contribution in [0.3, 0.4) is 0 Å². The fourth-order valence-corrected chi connectivity index (χ4v) is 4.85. The van der Waals surface area contributed by atoms with Crippen LogP contribution in [0.15, 0.2) is 72.8 Å². The summed E-state index contributed by atoms with van der Waals surface area (Å²) in [6.07, 6.45) is -8.98. The molecule has 40 heavy (non-hydrogen) atoms. The van der Waals surface area contributed by atoms with E-state index in [2.05, 4.69) is 9.47 Å². The number of ether oxygens (including phenoxy) is 3. The number of aliphatic hydroxyl groups is 1. The first-order valence-electron chi connectivity index (χ1n) is 12.4. The summed E-state index contributed by atoms with van der Waals surface area (Å²) in [4.78, 5) is 0. The normalized spacial score (nSPS) is 19.6. The highest BCUT2D eigenvalue weighted by Gasteiger charge is 2.52. The lowest BCUT2D eigenvalue weighted by Gasteiger charge is -2.58. The fourth-order valence-electron chi connectivity index (χ4n) is 4.85. The summed E-state index contributed by atoms with van der Waals surface area (Å²) in [5, 5.41) is 25.4. The molecular formula is C28H27F6NO5. The van der Waals surface area contributed by atoms with Gasteiger partial charge in [-0.25, -0.2) is 0 Å². The Bertz CT molecular complexity index is 1200. The second-order valence-corrected chi connectivity index (χ2v) is 9.68. The minimum atomic E-state index is -4.92. The van der Waals surface area contributed by atoms with Gasteiger partial charge in [0.15, 0.2) is 0 Å². The number of quaternary nitrogens is 1. The van der Waals surface area contributed by atoms with E-state index in [1.165, 1.54) is 24.3 Å². The van der Waals surface area contributed by atoms with Gasteiger partial charge in [-0.15, -0.1) is 26.3 Å². The zero-order chi connectivity index (χ0) is 29.2. The molecule has 0 aromatic heterocycles. The van der Waals surface area contributed by atoms with E-state index in [1.807, 2.05) is 6.92 Å². The maximum absolute atomic E-state index is 13.4. The van der Waals surface area contributed by atoms with Crippen molar-refractivity contribution in [2.75, 3.05) is 19.7 Å². The summed E-state index contributed by atoms with van der Waals surface area (Å²) in [5.74, 6) is -1.04. The maximum atomic E-state index is 13.4. The third-order valence-corrected chi connectivity index (χ3v) is 6.62. The Kier molecular flexibility index (Phi) is 8.25. The molecule has 6 nitrogen and oxygen atoms in total. The Morgan fingerprint density at radius 1 is 0.750 bits per heavy atom. The zero-order valence-electron chi connectivity index (χ0n) is 21.3. The molecular weight excluding hydrogens is 544 g/mol. The number of hydrogen-bond acceptors (Lipinski definition) is 5. The Morgan fingerprint density at radius 3 is 1.57 bits per heavy atom. The van der Waals surface area contributed by atoms with Gasteiger partial charge in [-0.05, 0) is 66.1 Å². The van der Waals surface area contributed by atoms with E-state index < -0.39 is 40.4 Å². The summed E-state index contributed by atoms with van der Waals surface area (Å²) in [7, 11) is 0. The molecule has 0 amide bonds. The molecule has 0 aliphatic carbocycles. The molecule has 3 aromatic rings. The molecule has 1 aliphatic rings. The topological polar surface area (TPSA) is 71.0 Å². The van der Waals surface area contributed by atoms with Gasteiger partial charge in [0, 0.05) is 5.56 Å². The van der Waals surface area contributed by atoms with Gasteiger partial charge in [-0.1, -0.05) is 31.2 Å². The molecule has 216 valence electrons. The fraction of sp³-hybridized carbons (Fsp3) is 0.357. The number of rotatable bonds is 10. The molecule has 0 unspecified atom stereocenters. The van der Waals surface area contributed by atoms with Crippen molar-refractivity contribution in [3.63, 3.8) is 0 Å². The molecule has 1 saturated heterocycles. The first kappa shape index (κ1) is 29.5. The van der Waals surface area contributed by atoms with Crippen molar-refractivity contribution in [2.24, 2.45) is 5.92 Å². The smallest absolute Gasteiger partial charge is 0.573 e. The van der Waals surface area contributed by atoms with Crippen molar-refractivity contribution >= 4 is 0 Å². The van der Waals surface area contributed by atoms with Crippen molar-refractivity contribution in [1.82, 2.24) is 0 Å². The Hall–Kier alpha value is -3.48. The van der Waals surface area contributed by atoms with Crippen LogP contribution in [-0.2, 0) is 12.1 Å². The molecule has 1 N–H and O–H groups in total. The van der Waals surface area contributed by atoms with E-state index in [0.717, 1.165) is 36.2 Å². The summed E-state index contributed by atoms with van der Waals surface area (Å²) in [6.45, 7) is 2.56. The minimum absolute atomic E-state index is 0.0494. The van der Waals surface area contributed by atoms with Crippen molar-refractivity contribution < 1.29 is 50.3 Å². The number of hydroxylamine groups is 3. The van der Waals surface area contributed by atoms with Crippen LogP contribution in [0.1, 0.15) is 30.0 Å². The molecule has 0 atom stereocenters. The number of halogens is 6.